The number of carbonyl (C=O) groups is 2. The summed E-state index contributed by atoms with van der Waals surface area (Å²) >= 11 is 0. The van der Waals surface area contributed by atoms with Crippen LogP contribution in [0.25, 0.3) is 5.76 Å². The fraction of sp³-hybridized carbons (Fsp3) is 0.250. The summed E-state index contributed by atoms with van der Waals surface area (Å²) in [5, 5.41) is 11.3. The monoisotopic (exact) mass is 456 g/mol. The highest BCUT2D eigenvalue weighted by Crippen LogP contribution is 2.42. The predicted octanol–water partition coefficient (Wildman–Crippen LogP) is 5.36. The zero-order chi connectivity index (χ0) is 24.4. The topological polar surface area (TPSA) is 79.7 Å². The largest absolute Gasteiger partial charge is 0.507 e. The Bertz CT molecular complexity index is 1260. The first-order chi connectivity index (χ1) is 16.3. The van der Waals surface area contributed by atoms with Gasteiger partial charge in [-0.05, 0) is 67.3 Å². The van der Waals surface area contributed by atoms with Crippen LogP contribution < -0.4 is 9.64 Å². The summed E-state index contributed by atoms with van der Waals surface area (Å²) in [7, 11) is 0. The van der Waals surface area contributed by atoms with Crippen LogP contribution in [0.2, 0.25) is 0 Å². The molecule has 34 heavy (non-hydrogen) atoms. The van der Waals surface area contributed by atoms with E-state index in [1.807, 2.05) is 45.9 Å². The molecule has 4 rings (SSSR count). The van der Waals surface area contributed by atoms with Crippen molar-refractivity contribution >= 4 is 23.1 Å². The van der Waals surface area contributed by atoms with Crippen molar-refractivity contribution in [3.8, 4) is 5.75 Å². The Balaban J connectivity index is 1.86. The number of Topliss-reactive ketones (excluding diaryl/α,β-unsaturated/α-hetero) is 1. The van der Waals surface area contributed by atoms with E-state index in [4.69, 9.17) is 4.74 Å². The minimum absolute atomic E-state index is 0.00272. The van der Waals surface area contributed by atoms with Crippen molar-refractivity contribution in [2.75, 3.05) is 11.5 Å². The number of rotatable bonds is 6. The van der Waals surface area contributed by atoms with Crippen LogP contribution in [-0.2, 0) is 9.59 Å². The number of anilines is 1. The van der Waals surface area contributed by atoms with Crippen molar-refractivity contribution in [3.05, 3.63) is 94.8 Å². The number of ketones is 1. The lowest BCUT2D eigenvalue weighted by molar-refractivity contribution is -0.132. The standard InChI is InChI=1S/C28H28N2O4/c1-17(2)16-34-22-9-7-8-20(15-22)26(31)24-25(23-10-5-6-13-29-23)30(28(33)27(24)32)21-12-11-18(3)19(4)14-21/h5-15,17,25,31H,16H2,1-4H3/b26-24+. The SMILES string of the molecule is Cc1ccc(N2C(=O)C(=O)/C(=C(/O)c3cccc(OCC(C)C)c3)C2c2ccccn2)cc1C. The average Bonchev–Trinajstić information content (AvgIpc) is 3.10. The van der Waals surface area contributed by atoms with E-state index in [9.17, 15) is 14.7 Å². The van der Waals surface area contributed by atoms with Crippen LogP contribution in [-0.4, -0.2) is 28.4 Å². The average molecular weight is 457 g/mol. The third-order valence-corrected chi connectivity index (χ3v) is 5.87. The first kappa shape index (κ1) is 23.2. The molecule has 0 spiro atoms. The third kappa shape index (κ3) is 4.44. The Morgan fingerprint density at radius 2 is 1.82 bits per heavy atom. The molecule has 2 aromatic carbocycles. The summed E-state index contributed by atoms with van der Waals surface area (Å²) in [6.07, 6.45) is 1.61. The molecule has 1 N–H and O–H groups in total. The fourth-order valence-corrected chi connectivity index (χ4v) is 3.94. The van der Waals surface area contributed by atoms with Gasteiger partial charge in [-0.1, -0.05) is 38.1 Å². The molecule has 0 radical (unpaired) electrons. The second-order valence-electron chi connectivity index (χ2n) is 8.92. The molecule has 1 unspecified atom stereocenters. The molecule has 2 heterocycles. The number of amides is 1. The normalized spacial score (nSPS) is 17.4. The molecule has 1 aliphatic heterocycles. The summed E-state index contributed by atoms with van der Waals surface area (Å²) in [6, 6.07) is 17.0. The summed E-state index contributed by atoms with van der Waals surface area (Å²) < 4.78 is 5.79. The number of aliphatic hydroxyl groups excluding tert-OH is 1. The molecular weight excluding hydrogens is 428 g/mol. The fourth-order valence-electron chi connectivity index (χ4n) is 3.94. The molecule has 0 bridgehead atoms. The lowest BCUT2D eigenvalue weighted by Gasteiger charge is -2.25. The van der Waals surface area contributed by atoms with Gasteiger partial charge in [-0.25, -0.2) is 0 Å². The molecule has 1 aromatic heterocycles. The second kappa shape index (κ2) is 9.51. The lowest BCUT2D eigenvalue weighted by atomic mass is 9.98. The van der Waals surface area contributed by atoms with Crippen molar-refractivity contribution in [2.24, 2.45) is 5.92 Å². The summed E-state index contributed by atoms with van der Waals surface area (Å²) in [5.41, 5.74) is 3.55. The maximum atomic E-state index is 13.3. The minimum atomic E-state index is -0.858. The Kier molecular flexibility index (Phi) is 6.50. The number of aromatic nitrogens is 1. The number of hydrogen-bond acceptors (Lipinski definition) is 5. The molecule has 1 atom stereocenters. The quantitative estimate of drug-likeness (QED) is 0.307. The van der Waals surface area contributed by atoms with Crippen LogP contribution >= 0.6 is 0 Å². The van der Waals surface area contributed by atoms with Gasteiger partial charge in [-0.2, -0.15) is 0 Å². The molecular formula is C28H28N2O4. The Morgan fingerprint density at radius 1 is 1.03 bits per heavy atom. The molecule has 6 nitrogen and oxygen atoms in total. The van der Waals surface area contributed by atoms with Crippen molar-refractivity contribution in [2.45, 2.75) is 33.7 Å². The summed E-state index contributed by atoms with van der Waals surface area (Å²) in [5.74, 6) is -0.789. The van der Waals surface area contributed by atoms with Crippen LogP contribution in [0.15, 0.2) is 72.4 Å². The number of carbonyl (C=O) groups excluding carboxylic acids is 2. The van der Waals surface area contributed by atoms with Crippen LogP contribution in [0, 0.1) is 19.8 Å². The van der Waals surface area contributed by atoms with E-state index in [-0.39, 0.29) is 11.3 Å². The molecule has 1 amide bonds. The second-order valence-corrected chi connectivity index (χ2v) is 8.92. The van der Waals surface area contributed by atoms with Gasteiger partial charge in [0.2, 0.25) is 0 Å². The first-order valence-corrected chi connectivity index (χ1v) is 11.3. The smallest absolute Gasteiger partial charge is 0.300 e. The zero-order valence-corrected chi connectivity index (χ0v) is 19.8. The molecule has 174 valence electrons. The van der Waals surface area contributed by atoms with E-state index in [0.29, 0.717) is 35.2 Å². The van der Waals surface area contributed by atoms with Gasteiger partial charge in [-0.3, -0.25) is 19.5 Å². The maximum absolute atomic E-state index is 13.3. The predicted molar refractivity (Wildman–Crippen MR) is 132 cm³/mol. The molecule has 3 aromatic rings. The van der Waals surface area contributed by atoms with Crippen molar-refractivity contribution in [1.29, 1.82) is 0 Å². The van der Waals surface area contributed by atoms with Crippen molar-refractivity contribution in [3.63, 3.8) is 0 Å². The Labute approximate surface area is 199 Å². The number of ether oxygens (including phenoxy) is 1. The highest BCUT2D eigenvalue weighted by Gasteiger charge is 2.47. The Hall–Kier alpha value is -3.93. The van der Waals surface area contributed by atoms with Crippen LogP contribution in [0.3, 0.4) is 0 Å². The van der Waals surface area contributed by atoms with Gasteiger partial charge in [0.25, 0.3) is 11.7 Å². The van der Waals surface area contributed by atoms with E-state index in [0.717, 1.165) is 11.1 Å². The van der Waals surface area contributed by atoms with Gasteiger partial charge in [0.05, 0.1) is 17.9 Å². The number of aliphatic hydroxyl groups is 1. The number of pyridine rings is 1. The highest BCUT2D eigenvalue weighted by molar-refractivity contribution is 6.51. The van der Waals surface area contributed by atoms with Crippen LogP contribution in [0.1, 0.15) is 42.3 Å². The third-order valence-electron chi connectivity index (χ3n) is 5.87. The molecule has 0 saturated carbocycles. The van der Waals surface area contributed by atoms with E-state index in [2.05, 4.69) is 4.98 Å². The molecule has 1 saturated heterocycles. The molecule has 6 heteroatoms. The van der Waals surface area contributed by atoms with Gasteiger partial charge in [-0.15, -0.1) is 0 Å². The zero-order valence-electron chi connectivity index (χ0n) is 19.8. The number of hydrogen-bond donors (Lipinski definition) is 1. The highest BCUT2D eigenvalue weighted by atomic mass is 16.5. The van der Waals surface area contributed by atoms with Gasteiger partial charge in [0.15, 0.2) is 0 Å². The van der Waals surface area contributed by atoms with Crippen molar-refractivity contribution in [1.82, 2.24) is 4.98 Å². The van der Waals surface area contributed by atoms with E-state index in [1.54, 1.807) is 48.7 Å². The van der Waals surface area contributed by atoms with Crippen LogP contribution in [0.5, 0.6) is 5.75 Å². The molecule has 1 aliphatic rings. The van der Waals surface area contributed by atoms with E-state index in [1.165, 1.54) is 4.90 Å². The molecule has 0 aliphatic carbocycles. The number of aryl methyl sites for hydroxylation is 2. The van der Waals surface area contributed by atoms with Gasteiger partial charge in [0, 0.05) is 17.4 Å². The van der Waals surface area contributed by atoms with E-state index >= 15 is 0 Å². The summed E-state index contributed by atoms with van der Waals surface area (Å²) in [4.78, 5) is 32.4. The minimum Gasteiger partial charge on any atom is -0.507 e. The van der Waals surface area contributed by atoms with Crippen LogP contribution in [0.4, 0.5) is 5.69 Å². The number of nitrogens with zero attached hydrogens (tertiary/aromatic N) is 2. The molecule has 1 fully saturated rings. The van der Waals surface area contributed by atoms with Gasteiger partial charge < -0.3 is 9.84 Å². The van der Waals surface area contributed by atoms with Crippen molar-refractivity contribution < 1.29 is 19.4 Å². The maximum Gasteiger partial charge on any atom is 0.300 e. The lowest BCUT2D eigenvalue weighted by Crippen LogP contribution is -2.29. The number of benzene rings is 2. The first-order valence-electron chi connectivity index (χ1n) is 11.3. The van der Waals surface area contributed by atoms with Gasteiger partial charge >= 0.3 is 0 Å². The van der Waals surface area contributed by atoms with Gasteiger partial charge in [0.1, 0.15) is 17.6 Å². The summed E-state index contributed by atoms with van der Waals surface area (Å²) in [6.45, 7) is 8.55. The van der Waals surface area contributed by atoms with E-state index < -0.39 is 17.7 Å². The Morgan fingerprint density at radius 3 is 2.50 bits per heavy atom.